The summed E-state index contributed by atoms with van der Waals surface area (Å²) in [5.74, 6) is 0. The van der Waals surface area contributed by atoms with E-state index in [2.05, 4.69) is 10.6 Å². The molecule has 2 rings (SSSR count). The summed E-state index contributed by atoms with van der Waals surface area (Å²) in [6.45, 7) is 0. The molecule has 4 N–H and O–H groups in total. The quantitative estimate of drug-likeness (QED) is 0.635. The lowest BCUT2D eigenvalue weighted by Crippen LogP contribution is -2.40. The Balaban J connectivity index is 2.16. The number of nitrogens with one attached hydrogen (secondary N) is 2. The van der Waals surface area contributed by atoms with Crippen LogP contribution in [0.3, 0.4) is 0 Å². The second kappa shape index (κ2) is 3.46. The summed E-state index contributed by atoms with van der Waals surface area (Å²) in [5, 5.41) is 5.53. The van der Waals surface area contributed by atoms with Crippen molar-refractivity contribution in [2.45, 2.75) is 18.4 Å². The number of urea groups is 1. The van der Waals surface area contributed by atoms with E-state index in [4.69, 9.17) is 5.73 Å². The number of benzene rings is 1. The normalized spacial score (nSPS) is 16.9. The van der Waals surface area contributed by atoms with Crippen molar-refractivity contribution in [3.63, 3.8) is 0 Å². The number of amides is 2. The van der Waals surface area contributed by atoms with Gasteiger partial charge in [-0.2, -0.15) is 0 Å². The fourth-order valence-electron chi connectivity index (χ4n) is 1.69. The highest BCUT2D eigenvalue weighted by molar-refractivity contribution is 5.75. The first-order valence-electron chi connectivity index (χ1n) is 5.02. The molecule has 1 aliphatic carbocycles. The van der Waals surface area contributed by atoms with Gasteiger partial charge in [-0.25, -0.2) is 4.79 Å². The van der Waals surface area contributed by atoms with Crippen LogP contribution in [0.25, 0.3) is 0 Å². The van der Waals surface area contributed by atoms with E-state index in [0.29, 0.717) is 0 Å². The largest absolute Gasteiger partial charge is 0.399 e. The molecule has 15 heavy (non-hydrogen) atoms. The van der Waals surface area contributed by atoms with Crippen LogP contribution in [0.5, 0.6) is 0 Å². The van der Waals surface area contributed by atoms with E-state index >= 15 is 0 Å². The van der Waals surface area contributed by atoms with E-state index in [1.807, 2.05) is 24.3 Å². The predicted molar refractivity (Wildman–Crippen MR) is 59.4 cm³/mol. The molecular formula is C11H15N3O. The van der Waals surface area contributed by atoms with Crippen LogP contribution in [0.4, 0.5) is 10.5 Å². The Kier molecular flexibility index (Phi) is 2.26. The summed E-state index contributed by atoms with van der Waals surface area (Å²) in [6.07, 6.45) is 1.98. The van der Waals surface area contributed by atoms with Crippen molar-refractivity contribution in [1.29, 1.82) is 0 Å². The molecule has 0 heterocycles. The van der Waals surface area contributed by atoms with Crippen LogP contribution in [0, 0.1) is 0 Å². The Hall–Kier alpha value is -1.71. The van der Waals surface area contributed by atoms with Crippen LogP contribution in [-0.2, 0) is 5.54 Å². The predicted octanol–water partition coefficient (Wildman–Crippen LogP) is 1.19. The van der Waals surface area contributed by atoms with Crippen molar-refractivity contribution >= 4 is 11.7 Å². The molecule has 1 saturated carbocycles. The van der Waals surface area contributed by atoms with E-state index in [0.717, 1.165) is 24.1 Å². The molecule has 0 radical (unpaired) electrons. The van der Waals surface area contributed by atoms with Crippen LogP contribution in [0.1, 0.15) is 18.4 Å². The standard InChI is InChI=1S/C11H15N3O/c1-13-10(15)14-11(6-7-11)8-2-4-9(12)5-3-8/h2-5H,6-7,12H2,1H3,(H2,13,14,15). The number of nitrogens with two attached hydrogens (primary N) is 1. The molecule has 0 bridgehead atoms. The van der Waals surface area contributed by atoms with Crippen LogP contribution in [0.2, 0.25) is 0 Å². The summed E-state index contributed by atoms with van der Waals surface area (Å²) < 4.78 is 0. The highest BCUT2D eigenvalue weighted by Crippen LogP contribution is 2.45. The van der Waals surface area contributed by atoms with Crippen molar-refractivity contribution in [2.24, 2.45) is 0 Å². The minimum Gasteiger partial charge on any atom is -0.399 e. The molecule has 2 amide bonds. The molecule has 0 atom stereocenters. The van der Waals surface area contributed by atoms with Crippen LogP contribution < -0.4 is 16.4 Å². The first-order valence-corrected chi connectivity index (χ1v) is 5.02. The van der Waals surface area contributed by atoms with Gasteiger partial charge in [-0.15, -0.1) is 0 Å². The molecule has 1 aliphatic rings. The third-order valence-electron chi connectivity index (χ3n) is 2.79. The monoisotopic (exact) mass is 205 g/mol. The number of carbonyl (C=O) groups excluding carboxylic acids is 1. The zero-order valence-electron chi connectivity index (χ0n) is 8.71. The van der Waals surface area contributed by atoms with Crippen LogP contribution in [0.15, 0.2) is 24.3 Å². The molecule has 4 heteroatoms. The van der Waals surface area contributed by atoms with Gasteiger partial charge in [0.25, 0.3) is 0 Å². The van der Waals surface area contributed by atoms with Crippen LogP contribution in [-0.4, -0.2) is 13.1 Å². The van der Waals surface area contributed by atoms with Gasteiger partial charge in [-0.1, -0.05) is 12.1 Å². The first-order chi connectivity index (χ1) is 7.16. The molecule has 0 spiro atoms. The van der Waals surface area contributed by atoms with E-state index in [1.54, 1.807) is 7.05 Å². The molecule has 0 unspecified atom stereocenters. The van der Waals surface area contributed by atoms with Crippen LogP contribution >= 0.6 is 0 Å². The van der Waals surface area contributed by atoms with Crippen molar-refractivity contribution in [2.75, 3.05) is 12.8 Å². The Morgan fingerprint density at radius 1 is 1.33 bits per heavy atom. The lowest BCUT2D eigenvalue weighted by atomic mass is 10.0. The van der Waals surface area contributed by atoms with E-state index in [1.165, 1.54) is 0 Å². The molecule has 0 saturated heterocycles. The van der Waals surface area contributed by atoms with Gasteiger partial charge in [0.05, 0.1) is 5.54 Å². The minimum absolute atomic E-state index is 0.135. The van der Waals surface area contributed by atoms with Crippen molar-refractivity contribution in [3.05, 3.63) is 29.8 Å². The maximum Gasteiger partial charge on any atom is 0.315 e. The van der Waals surface area contributed by atoms with Gasteiger partial charge in [0.15, 0.2) is 0 Å². The average Bonchev–Trinajstić information content (AvgIpc) is 3.00. The molecule has 0 aliphatic heterocycles. The highest BCUT2D eigenvalue weighted by atomic mass is 16.2. The van der Waals surface area contributed by atoms with Gasteiger partial charge in [-0.05, 0) is 30.5 Å². The lowest BCUT2D eigenvalue weighted by Gasteiger charge is -2.17. The Bertz CT molecular complexity index is 368. The molecule has 4 nitrogen and oxygen atoms in total. The zero-order valence-corrected chi connectivity index (χ0v) is 8.71. The Morgan fingerprint density at radius 3 is 2.40 bits per heavy atom. The molecule has 1 aromatic rings. The number of carbonyl (C=O) groups is 1. The third-order valence-corrected chi connectivity index (χ3v) is 2.79. The topological polar surface area (TPSA) is 67.2 Å². The fourth-order valence-corrected chi connectivity index (χ4v) is 1.69. The fraction of sp³-hybridized carbons (Fsp3) is 0.364. The number of hydrogen-bond donors (Lipinski definition) is 3. The smallest absolute Gasteiger partial charge is 0.315 e. The number of hydrogen-bond acceptors (Lipinski definition) is 2. The molecular weight excluding hydrogens is 190 g/mol. The molecule has 0 aromatic heterocycles. The van der Waals surface area contributed by atoms with Crippen molar-refractivity contribution in [1.82, 2.24) is 10.6 Å². The highest BCUT2D eigenvalue weighted by Gasteiger charge is 2.45. The second-order valence-corrected chi connectivity index (χ2v) is 3.91. The lowest BCUT2D eigenvalue weighted by molar-refractivity contribution is 0.238. The SMILES string of the molecule is CNC(=O)NC1(c2ccc(N)cc2)CC1. The van der Waals surface area contributed by atoms with Gasteiger partial charge in [-0.3, -0.25) is 0 Å². The Labute approximate surface area is 88.9 Å². The number of nitrogen functional groups attached to an aromatic ring is 1. The summed E-state index contributed by atoms with van der Waals surface area (Å²) in [6, 6.07) is 7.53. The van der Waals surface area contributed by atoms with Gasteiger partial charge < -0.3 is 16.4 Å². The van der Waals surface area contributed by atoms with Gasteiger partial charge in [0.1, 0.15) is 0 Å². The van der Waals surface area contributed by atoms with E-state index in [9.17, 15) is 4.79 Å². The zero-order chi connectivity index (χ0) is 10.9. The second-order valence-electron chi connectivity index (χ2n) is 3.91. The number of rotatable bonds is 2. The number of anilines is 1. The van der Waals surface area contributed by atoms with E-state index < -0.39 is 0 Å². The maximum absolute atomic E-state index is 11.3. The van der Waals surface area contributed by atoms with Gasteiger partial charge >= 0.3 is 6.03 Å². The molecule has 80 valence electrons. The van der Waals surface area contributed by atoms with Crippen molar-refractivity contribution < 1.29 is 4.79 Å². The van der Waals surface area contributed by atoms with E-state index in [-0.39, 0.29) is 11.6 Å². The summed E-state index contributed by atoms with van der Waals surface area (Å²) in [5.41, 5.74) is 7.33. The minimum atomic E-state index is -0.159. The average molecular weight is 205 g/mol. The van der Waals surface area contributed by atoms with Gasteiger partial charge in [0, 0.05) is 12.7 Å². The Morgan fingerprint density at radius 2 is 1.93 bits per heavy atom. The summed E-state index contributed by atoms with van der Waals surface area (Å²) in [4.78, 5) is 11.3. The third kappa shape index (κ3) is 1.88. The summed E-state index contributed by atoms with van der Waals surface area (Å²) in [7, 11) is 1.62. The maximum atomic E-state index is 11.3. The van der Waals surface area contributed by atoms with Crippen molar-refractivity contribution in [3.8, 4) is 0 Å². The molecule has 1 aromatic carbocycles. The van der Waals surface area contributed by atoms with Gasteiger partial charge in [0.2, 0.25) is 0 Å². The first kappa shape index (κ1) is 9.83. The summed E-state index contributed by atoms with van der Waals surface area (Å²) >= 11 is 0. The molecule has 1 fully saturated rings.